The minimum atomic E-state index is -3.48. The molecule has 1 N–H and O–H groups in total. The first-order valence-electron chi connectivity index (χ1n) is 8.67. The molecule has 0 radical (unpaired) electrons. The summed E-state index contributed by atoms with van der Waals surface area (Å²) in [5.41, 5.74) is 2.03. The average Bonchev–Trinajstić information content (AvgIpc) is 2.59. The van der Waals surface area contributed by atoms with Crippen molar-refractivity contribution >= 4 is 15.9 Å². The normalized spacial score (nSPS) is 11.5. The van der Waals surface area contributed by atoms with Crippen LogP contribution in [0.1, 0.15) is 31.4 Å². The summed E-state index contributed by atoms with van der Waals surface area (Å²) < 4.78 is 26.8. The van der Waals surface area contributed by atoms with Crippen molar-refractivity contribution in [3.05, 3.63) is 65.7 Å². The number of nitrogens with one attached hydrogen (secondary N) is 1. The maximum Gasteiger partial charge on any atom is 0.240 e. The number of benzene rings is 2. The molecule has 2 aromatic rings. The number of aryl methyl sites for hydroxylation is 1. The molecular formula is C20H26N2O3S. The summed E-state index contributed by atoms with van der Waals surface area (Å²) in [6, 6.07) is 16.4. The van der Waals surface area contributed by atoms with Crippen LogP contribution in [0.5, 0.6) is 0 Å². The Labute approximate surface area is 156 Å². The highest BCUT2D eigenvalue weighted by atomic mass is 32.2. The summed E-state index contributed by atoms with van der Waals surface area (Å²) >= 11 is 0. The number of amides is 1. The van der Waals surface area contributed by atoms with Gasteiger partial charge in [-0.25, -0.2) is 13.1 Å². The van der Waals surface area contributed by atoms with E-state index >= 15 is 0 Å². The molecule has 1 amide bonds. The van der Waals surface area contributed by atoms with E-state index in [0.717, 1.165) is 11.1 Å². The van der Waals surface area contributed by atoms with Gasteiger partial charge in [-0.15, -0.1) is 0 Å². The van der Waals surface area contributed by atoms with Crippen LogP contribution >= 0.6 is 0 Å². The van der Waals surface area contributed by atoms with Crippen molar-refractivity contribution in [2.24, 2.45) is 0 Å². The van der Waals surface area contributed by atoms with E-state index in [4.69, 9.17) is 0 Å². The summed E-state index contributed by atoms with van der Waals surface area (Å²) in [5, 5.41) is 0. The zero-order valence-electron chi connectivity index (χ0n) is 15.5. The predicted octanol–water partition coefficient (Wildman–Crippen LogP) is 2.96. The van der Waals surface area contributed by atoms with Gasteiger partial charge in [0, 0.05) is 26.1 Å². The molecule has 26 heavy (non-hydrogen) atoms. The summed E-state index contributed by atoms with van der Waals surface area (Å²) in [4.78, 5) is 14.2. The lowest BCUT2D eigenvalue weighted by atomic mass is 10.1. The number of carbonyl (C=O) groups excluding carboxylic acids is 1. The Balaban J connectivity index is 1.90. The van der Waals surface area contributed by atoms with Crippen LogP contribution in [-0.2, 0) is 27.8 Å². The standard InChI is InChI=1S/C20H26N2O3S/c1-16(2)21-26(24,25)19-12-9-17(10-13-19)11-14-20(23)22(3)15-18-7-5-4-6-8-18/h4-10,12-13,16,21H,11,14-15H2,1-3H3. The van der Waals surface area contributed by atoms with Crippen molar-refractivity contribution in [2.45, 2.75) is 44.2 Å². The third-order valence-electron chi connectivity index (χ3n) is 3.94. The zero-order chi connectivity index (χ0) is 19.2. The molecule has 0 atom stereocenters. The number of rotatable bonds is 8. The van der Waals surface area contributed by atoms with E-state index in [-0.39, 0.29) is 16.8 Å². The Morgan fingerprint density at radius 2 is 1.62 bits per heavy atom. The highest BCUT2D eigenvalue weighted by Crippen LogP contribution is 2.13. The van der Waals surface area contributed by atoms with E-state index in [2.05, 4.69) is 4.72 Å². The topological polar surface area (TPSA) is 66.5 Å². The van der Waals surface area contributed by atoms with Gasteiger partial charge in [-0.3, -0.25) is 4.79 Å². The molecule has 0 saturated heterocycles. The first-order chi connectivity index (χ1) is 12.3. The molecule has 0 fully saturated rings. The molecule has 0 spiro atoms. The van der Waals surface area contributed by atoms with E-state index < -0.39 is 10.0 Å². The van der Waals surface area contributed by atoms with Gasteiger partial charge >= 0.3 is 0 Å². The van der Waals surface area contributed by atoms with Gasteiger partial charge in [-0.1, -0.05) is 42.5 Å². The Hall–Kier alpha value is -2.18. The molecule has 2 aromatic carbocycles. The fraction of sp³-hybridized carbons (Fsp3) is 0.350. The predicted molar refractivity (Wildman–Crippen MR) is 103 cm³/mol. The molecule has 5 nitrogen and oxygen atoms in total. The Kier molecular flexibility index (Phi) is 6.94. The Morgan fingerprint density at radius 3 is 2.19 bits per heavy atom. The van der Waals surface area contributed by atoms with Crippen LogP contribution in [0.4, 0.5) is 0 Å². The SMILES string of the molecule is CC(C)NS(=O)(=O)c1ccc(CCC(=O)N(C)Cc2ccccc2)cc1. The van der Waals surface area contributed by atoms with Crippen LogP contribution in [0.15, 0.2) is 59.5 Å². The highest BCUT2D eigenvalue weighted by Gasteiger charge is 2.15. The summed E-state index contributed by atoms with van der Waals surface area (Å²) in [5.74, 6) is 0.0621. The number of nitrogens with zero attached hydrogens (tertiary/aromatic N) is 1. The minimum Gasteiger partial charge on any atom is -0.341 e. The first-order valence-corrected chi connectivity index (χ1v) is 10.2. The maximum atomic E-state index is 12.3. The van der Waals surface area contributed by atoms with Gasteiger partial charge < -0.3 is 4.90 Å². The lowest BCUT2D eigenvalue weighted by Crippen LogP contribution is -2.30. The average molecular weight is 375 g/mol. The summed E-state index contributed by atoms with van der Waals surface area (Å²) in [7, 11) is -1.69. The molecule has 2 rings (SSSR count). The monoisotopic (exact) mass is 374 g/mol. The molecule has 0 saturated carbocycles. The Morgan fingerprint density at radius 1 is 1.00 bits per heavy atom. The number of hydrogen-bond donors (Lipinski definition) is 1. The van der Waals surface area contributed by atoms with Crippen molar-refractivity contribution in [2.75, 3.05) is 7.05 Å². The number of sulfonamides is 1. The molecule has 0 aliphatic heterocycles. The van der Waals surface area contributed by atoms with Gasteiger partial charge in [0.1, 0.15) is 0 Å². The molecule has 0 aliphatic rings. The smallest absolute Gasteiger partial charge is 0.240 e. The molecule has 0 aromatic heterocycles. The fourth-order valence-electron chi connectivity index (χ4n) is 2.60. The minimum absolute atomic E-state index is 0.0621. The van der Waals surface area contributed by atoms with Gasteiger partial charge in [0.25, 0.3) is 0 Å². The van der Waals surface area contributed by atoms with E-state index in [1.165, 1.54) is 0 Å². The van der Waals surface area contributed by atoms with Gasteiger partial charge in [-0.05, 0) is 43.5 Å². The van der Waals surface area contributed by atoms with Crippen molar-refractivity contribution in [3.63, 3.8) is 0 Å². The largest absolute Gasteiger partial charge is 0.341 e. The van der Waals surface area contributed by atoms with Gasteiger partial charge in [0.2, 0.25) is 15.9 Å². The second-order valence-corrected chi connectivity index (χ2v) is 8.37. The second-order valence-electron chi connectivity index (χ2n) is 6.66. The molecule has 0 bridgehead atoms. The lowest BCUT2D eigenvalue weighted by molar-refractivity contribution is -0.130. The second kappa shape index (κ2) is 8.96. The molecule has 0 unspecified atom stereocenters. The van der Waals surface area contributed by atoms with Crippen LogP contribution in [0.3, 0.4) is 0 Å². The third-order valence-corrected chi connectivity index (χ3v) is 5.61. The highest BCUT2D eigenvalue weighted by molar-refractivity contribution is 7.89. The molecule has 6 heteroatoms. The summed E-state index contributed by atoms with van der Waals surface area (Å²) in [6.07, 6.45) is 0.968. The summed E-state index contributed by atoms with van der Waals surface area (Å²) in [6.45, 7) is 4.14. The van der Waals surface area contributed by atoms with Crippen LogP contribution in [-0.4, -0.2) is 32.3 Å². The Bertz CT molecular complexity index is 816. The van der Waals surface area contributed by atoms with Crippen molar-refractivity contribution in [1.82, 2.24) is 9.62 Å². The van der Waals surface area contributed by atoms with Crippen molar-refractivity contribution in [1.29, 1.82) is 0 Å². The van der Waals surface area contributed by atoms with Crippen molar-refractivity contribution in [3.8, 4) is 0 Å². The van der Waals surface area contributed by atoms with Crippen LogP contribution < -0.4 is 4.72 Å². The van der Waals surface area contributed by atoms with E-state index in [9.17, 15) is 13.2 Å². The third kappa shape index (κ3) is 5.97. The van der Waals surface area contributed by atoms with Crippen LogP contribution in [0.25, 0.3) is 0 Å². The van der Waals surface area contributed by atoms with E-state index in [0.29, 0.717) is 19.4 Å². The van der Waals surface area contributed by atoms with Crippen LogP contribution in [0.2, 0.25) is 0 Å². The zero-order valence-corrected chi connectivity index (χ0v) is 16.3. The first kappa shape index (κ1) is 20.1. The van der Waals surface area contributed by atoms with Gasteiger partial charge in [0.15, 0.2) is 0 Å². The van der Waals surface area contributed by atoms with Gasteiger partial charge in [-0.2, -0.15) is 0 Å². The quantitative estimate of drug-likeness (QED) is 0.772. The van der Waals surface area contributed by atoms with Crippen molar-refractivity contribution < 1.29 is 13.2 Å². The fourth-order valence-corrected chi connectivity index (χ4v) is 3.85. The van der Waals surface area contributed by atoms with E-state index in [1.807, 2.05) is 30.3 Å². The lowest BCUT2D eigenvalue weighted by Gasteiger charge is -2.17. The molecule has 140 valence electrons. The molecule has 0 aliphatic carbocycles. The maximum absolute atomic E-state index is 12.3. The number of carbonyl (C=O) groups is 1. The van der Waals surface area contributed by atoms with Crippen LogP contribution in [0, 0.1) is 0 Å². The van der Waals surface area contributed by atoms with E-state index in [1.54, 1.807) is 50.1 Å². The van der Waals surface area contributed by atoms with Gasteiger partial charge in [0.05, 0.1) is 4.90 Å². The number of hydrogen-bond acceptors (Lipinski definition) is 3. The molecule has 0 heterocycles. The molecular weight excluding hydrogens is 348 g/mol.